The Morgan fingerprint density at radius 2 is 1.66 bits per heavy atom. The van der Waals surface area contributed by atoms with Crippen LogP contribution in [-0.4, -0.2) is 44.8 Å². The Labute approximate surface area is 189 Å². The van der Waals surface area contributed by atoms with Crippen molar-refractivity contribution in [3.8, 4) is 0 Å². The van der Waals surface area contributed by atoms with Crippen LogP contribution in [0.3, 0.4) is 0 Å². The zero-order valence-corrected chi connectivity index (χ0v) is 19.2. The minimum absolute atomic E-state index is 0.0428. The number of nitrogens with zero attached hydrogens (tertiary/aromatic N) is 2. The predicted molar refractivity (Wildman–Crippen MR) is 124 cm³/mol. The molecule has 2 heterocycles. The number of aryl methyl sites for hydroxylation is 1. The highest BCUT2D eigenvalue weighted by molar-refractivity contribution is 7.92. The topological polar surface area (TPSA) is 86.8 Å². The Morgan fingerprint density at radius 1 is 0.938 bits per heavy atom. The highest BCUT2D eigenvalue weighted by Crippen LogP contribution is 2.31. The van der Waals surface area contributed by atoms with E-state index < -0.39 is 10.0 Å². The molecule has 0 bridgehead atoms. The Hall–Kier alpha value is -2.87. The molecule has 0 aromatic heterocycles. The summed E-state index contributed by atoms with van der Waals surface area (Å²) in [4.78, 5) is 28.9. The van der Waals surface area contributed by atoms with Crippen LogP contribution in [-0.2, 0) is 26.0 Å². The number of rotatable bonds is 6. The molecule has 0 atom stereocenters. The summed E-state index contributed by atoms with van der Waals surface area (Å²) < 4.78 is 28.4. The van der Waals surface area contributed by atoms with Crippen LogP contribution < -0.4 is 9.62 Å². The highest BCUT2D eigenvalue weighted by Gasteiger charge is 2.27. The number of hydrogen-bond donors (Lipinski definition) is 1. The van der Waals surface area contributed by atoms with Crippen LogP contribution >= 0.6 is 0 Å². The highest BCUT2D eigenvalue weighted by atomic mass is 32.2. The molecule has 0 unspecified atom stereocenters. The van der Waals surface area contributed by atoms with Crippen molar-refractivity contribution >= 4 is 33.2 Å². The van der Waals surface area contributed by atoms with E-state index in [0.29, 0.717) is 18.7 Å². The standard InChI is InChI=1S/C24H29N3O4S/c1-18-7-3-4-8-21(18)25-32(30,31)20-9-10-22-19(17-20)13-16-27(22)24(29)12-11-23(28)26-14-5-2-6-15-26/h3-4,7-10,17,25H,2,5-6,11-16H2,1H3. The SMILES string of the molecule is Cc1ccccc1NS(=O)(=O)c1ccc2c(c1)CCN2C(=O)CCC(=O)N1CCCCC1. The molecule has 2 aromatic carbocycles. The first-order valence-corrected chi connectivity index (χ1v) is 12.6. The normalized spacial score (nSPS) is 16.0. The molecule has 2 amide bonds. The molecule has 170 valence electrons. The summed E-state index contributed by atoms with van der Waals surface area (Å²) in [7, 11) is -3.73. The Bertz CT molecular complexity index is 1120. The van der Waals surface area contributed by atoms with Crippen LogP contribution in [0.25, 0.3) is 0 Å². The zero-order valence-electron chi connectivity index (χ0n) is 18.3. The van der Waals surface area contributed by atoms with Crippen molar-refractivity contribution < 1.29 is 18.0 Å². The van der Waals surface area contributed by atoms with Crippen LogP contribution in [0.2, 0.25) is 0 Å². The van der Waals surface area contributed by atoms with Crippen molar-refractivity contribution in [3.63, 3.8) is 0 Å². The van der Waals surface area contributed by atoms with Gasteiger partial charge in [-0.25, -0.2) is 8.42 Å². The fourth-order valence-electron chi connectivity index (χ4n) is 4.35. The number of carbonyl (C=O) groups excluding carboxylic acids is 2. The number of benzene rings is 2. The molecule has 0 spiro atoms. The largest absolute Gasteiger partial charge is 0.343 e. The minimum atomic E-state index is -3.73. The minimum Gasteiger partial charge on any atom is -0.343 e. The lowest BCUT2D eigenvalue weighted by Gasteiger charge is -2.27. The second-order valence-corrected chi connectivity index (χ2v) is 10.1. The van der Waals surface area contributed by atoms with E-state index in [2.05, 4.69) is 4.72 Å². The van der Waals surface area contributed by atoms with Gasteiger partial charge in [0.2, 0.25) is 11.8 Å². The van der Waals surface area contributed by atoms with Gasteiger partial charge < -0.3 is 9.80 Å². The Kier molecular flexibility index (Phi) is 6.50. The van der Waals surface area contributed by atoms with Gasteiger partial charge in [-0.3, -0.25) is 14.3 Å². The van der Waals surface area contributed by atoms with Crippen molar-refractivity contribution in [3.05, 3.63) is 53.6 Å². The molecule has 2 aliphatic rings. The molecule has 1 saturated heterocycles. The first-order chi connectivity index (χ1) is 15.3. The molecule has 2 aliphatic heterocycles. The Morgan fingerprint density at radius 3 is 2.41 bits per heavy atom. The van der Waals surface area contributed by atoms with Gasteiger partial charge in [0.1, 0.15) is 0 Å². The van der Waals surface area contributed by atoms with Gasteiger partial charge in [-0.1, -0.05) is 18.2 Å². The molecule has 4 rings (SSSR count). The summed E-state index contributed by atoms with van der Waals surface area (Å²) in [6, 6.07) is 12.1. The summed E-state index contributed by atoms with van der Waals surface area (Å²) in [6.45, 7) is 3.92. The van der Waals surface area contributed by atoms with E-state index >= 15 is 0 Å². The maximum atomic E-state index is 12.9. The maximum Gasteiger partial charge on any atom is 0.261 e. The average molecular weight is 456 g/mol. The van der Waals surface area contributed by atoms with E-state index in [9.17, 15) is 18.0 Å². The summed E-state index contributed by atoms with van der Waals surface area (Å²) >= 11 is 0. The van der Waals surface area contributed by atoms with Crippen molar-refractivity contribution in [1.82, 2.24) is 4.90 Å². The van der Waals surface area contributed by atoms with E-state index in [-0.39, 0.29) is 29.6 Å². The zero-order chi connectivity index (χ0) is 22.7. The molecule has 1 fully saturated rings. The van der Waals surface area contributed by atoms with Crippen molar-refractivity contribution in [2.45, 2.75) is 50.3 Å². The molecule has 0 radical (unpaired) electrons. The third-order valence-corrected chi connectivity index (χ3v) is 7.57. The van der Waals surface area contributed by atoms with Crippen LogP contribution in [0.15, 0.2) is 47.4 Å². The summed E-state index contributed by atoms with van der Waals surface area (Å²) in [6.07, 6.45) is 4.20. The van der Waals surface area contributed by atoms with Crippen LogP contribution in [0.5, 0.6) is 0 Å². The van der Waals surface area contributed by atoms with Crippen molar-refractivity contribution in [2.75, 3.05) is 29.3 Å². The lowest BCUT2D eigenvalue weighted by atomic mass is 10.1. The van der Waals surface area contributed by atoms with E-state index in [1.54, 1.807) is 29.2 Å². The van der Waals surface area contributed by atoms with Crippen LogP contribution in [0.4, 0.5) is 11.4 Å². The lowest BCUT2D eigenvalue weighted by Crippen LogP contribution is -2.37. The van der Waals surface area contributed by atoms with Gasteiger partial charge in [-0.05, 0) is 68.0 Å². The molecule has 2 aromatic rings. The first kappa shape index (κ1) is 22.3. The Balaban J connectivity index is 1.42. The van der Waals surface area contributed by atoms with Gasteiger partial charge in [0.15, 0.2) is 0 Å². The van der Waals surface area contributed by atoms with Crippen molar-refractivity contribution in [2.24, 2.45) is 0 Å². The van der Waals surface area contributed by atoms with Gasteiger partial charge in [0.05, 0.1) is 10.6 Å². The molecule has 32 heavy (non-hydrogen) atoms. The fourth-order valence-corrected chi connectivity index (χ4v) is 5.53. The number of likely N-dealkylation sites (tertiary alicyclic amines) is 1. The number of anilines is 2. The fraction of sp³-hybridized carbons (Fsp3) is 0.417. The third kappa shape index (κ3) is 4.80. The first-order valence-electron chi connectivity index (χ1n) is 11.1. The van der Waals surface area contributed by atoms with E-state index in [0.717, 1.165) is 49.2 Å². The number of piperidine rings is 1. The van der Waals surface area contributed by atoms with Gasteiger partial charge in [-0.2, -0.15) is 0 Å². The molecular weight excluding hydrogens is 426 g/mol. The number of sulfonamides is 1. The smallest absolute Gasteiger partial charge is 0.261 e. The number of nitrogens with one attached hydrogen (secondary N) is 1. The number of amides is 2. The second kappa shape index (κ2) is 9.32. The predicted octanol–water partition coefficient (Wildman–Crippen LogP) is 3.48. The third-order valence-electron chi connectivity index (χ3n) is 6.21. The molecule has 0 saturated carbocycles. The quantitative estimate of drug-likeness (QED) is 0.723. The lowest BCUT2D eigenvalue weighted by molar-refractivity contribution is -0.133. The van der Waals surface area contributed by atoms with Gasteiger partial charge in [-0.15, -0.1) is 0 Å². The summed E-state index contributed by atoms with van der Waals surface area (Å²) in [5.41, 5.74) is 2.94. The summed E-state index contributed by atoms with van der Waals surface area (Å²) in [5.74, 6) is -0.0519. The average Bonchev–Trinajstić information content (AvgIpc) is 3.23. The molecule has 0 aliphatic carbocycles. The summed E-state index contributed by atoms with van der Waals surface area (Å²) in [5, 5.41) is 0. The monoisotopic (exact) mass is 455 g/mol. The second-order valence-electron chi connectivity index (χ2n) is 8.45. The van der Waals surface area contributed by atoms with Gasteiger partial charge >= 0.3 is 0 Å². The van der Waals surface area contributed by atoms with E-state index in [1.165, 1.54) is 6.07 Å². The van der Waals surface area contributed by atoms with Gasteiger partial charge in [0.25, 0.3) is 10.0 Å². The van der Waals surface area contributed by atoms with Crippen LogP contribution in [0.1, 0.15) is 43.2 Å². The maximum absolute atomic E-state index is 12.9. The van der Waals surface area contributed by atoms with Crippen LogP contribution in [0, 0.1) is 6.92 Å². The molecular formula is C24H29N3O4S. The van der Waals surface area contributed by atoms with E-state index in [1.807, 2.05) is 24.0 Å². The molecule has 7 nitrogen and oxygen atoms in total. The van der Waals surface area contributed by atoms with Gasteiger partial charge in [0, 0.05) is 38.2 Å². The molecule has 1 N–H and O–H groups in total. The number of carbonyl (C=O) groups is 2. The molecule has 8 heteroatoms. The number of para-hydroxylation sites is 1. The van der Waals surface area contributed by atoms with Crippen molar-refractivity contribution in [1.29, 1.82) is 0 Å². The number of hydrogen-bond acceptors (Lipinski definition) is 4. The number of fused-ring (bicyclic) bond motifs is 1. The van der Waals surface area contributed by atoms with E-state index in [4.69, 9.17) is 0 Å².